The van der Waals surface area contributed by atoms with Gasteiger partial charge in [-0.25, -0.2) is 8.42 Å². The summed E-state index contributed by atoms with van der Waals surface area (Å²) < 4.78 is 29.8. The van der Waals surface area contributed by atoms with Crippen molar-refractivity contribution in [2.75, 3.05) is 36.4 Å². The second-order valence-corrected chi connectivity index (χ2v) is 10.7. The van der Waals surface area contributed by atoms with Gasteiger partial charge in [0.25, 0.3) is 15.9 Å². The molecule has 0 radical (unpaired) electrons. The van der Waals surface area contributed by atoms with E-state index in [1.54, 1.807) is 13.1 Å². The number of aryl methyl sites for hydroxylation is 4. The van der Waals surface area contributed by atoms with Crippen molar-refractivity contribution in [2.24, 2.45) is 7.05 Å². The zero-order chi connectivity index (χ0) is 24.6. The van der Waals surface area contributed by atoms with E-state index in [2.05, 4.69) is 41.3 Å². The molecule has 180 valence electrons. The van der Waals surface area contributed by atoms with Gasteiger partial charge in [0.15, 0.2) is 0 Å². The molecule has 3 aromatic rings. The van der Waals surface area contributed by atoms with Crippen molar-refractivity contribution < 1.29 is 13.2 Å². The molecule has 1 aliphatic rings. The summed E-state index contributed by atoms with van der Waals surface area (Å²) in [5.74, 6) is -0.496. The Bertz CT molecular complexity index is 1340. The SMILES string of the molecule is Cc1ccc(NC(=O)c2cn(C)nc2S(=O)(=O)N2CCN(c3cccc(C)c3C)CC2)cc1C. The number of aromatic nitrogens is 2. The van der Waals surface area contributed by atoms with Crippen LogP contribution in [0.1, 0.15) is 32.6 Å². The molecular formula is C25H31N5O3S. The highest BCUT2D eigenvalue weighted by molar-refractivity contribution is 7.89. The van der Waals surface area contributed by atoms with Crippen molar-refractivity contribution in [3.8, 4) is 0 Å². The van der Waals surface area contributed by atoms with E-state index in [4.69, 9.17) is 0 Å². The van der Waals surface area contributed by atoms with Crippen molar-refractivity contribution in [1.29, 1.82) is 0 Å². The third-order valence-corrected chi connectivity index (χ3v) is 8.38. The van der Waals surface area contributed by atoms with Crippen LogP contribution in [-0.2, 0) is 17.1 Å². The molecule has 8 nitrogen and oxygen atoms in total. The van der Waals surface area contributed by atoms with E-state index in [0.717, 1.165) is 16.8 Å². The minimum absolute atomic E-state index is 0.0395. The average molecular weight is 482 g/mol. The van der Waals surface area contributed by atoms with Crippen molar-refractivity contribution in [3.63, 3.8) is 0 Å². The fourth-order valence-corrected chi connectivity index (χ4v) is 5.75. The molecule has 0 saturated carbocycles. The van der Waals surface area contributed by atoms with Gasteiger partial charge in [-0.2, -0.15) is 9.40 Å². The van der Waals surface area contributed by atoms with Gasteiger partial charge in [-0.15, -0.1) is 0 Å². The number of sulfonamides is 1. The van der Waals surface area contributed by atoms with E-state index in [0.29, 0.717) is 31.9 Å². The second kappa shape index (κ2) is 9.23. The summed E-state index contributed by atoms with van der Waals surface area (Å²) in [6, 6.07) is 11.8. The molecule has 0 bridgehead atoms. The average Bonchev–Trinajstić information content (AvgIpc) is 3.21. The quantitative estimate of drug-likeness (QED) is 0.603. The maximum absolute atomic E-state index is 13.5. The lowest BCUT2D eigenvalue weighted by Crippen LogP contribution is -2.49. The molecule has 9 heteroatoms. The van der Waals surface area contributed by atoms with Crippen LogP contribution in [0, 0.1) is 27.7 Å². The number of carbonyl (C=O) groups is 1. The normalized spacial score (nSPS) is 14.9. The molecule has 4 rings (SSSR count). The Labute approximate surface area is 201 Å². The highest BCUT2D eigenvalue weighted by Gasteiger charge is 2.34. The Morgan fingerprint density at radius 1 is 0.941 bits per heavy atom. The largest absolute Gasteiger partial charge is 0.369 e. The number of carbonyl (C=O) groups excluding carboxylic acids is 1. The molecule has 1 saturated heterocycles. The Morgan fingerprint density at radius 2 is 1.65 bits per heavy atom. The summed E-state index contributed by atoms with van der Waals surface area (Å²) in [7, 11) is -2.32. The number of rotatable bonds is 5. The van der Waals surface area contributed by atoms with Gasteiger partial charge in [0.05, 0.1) is 5.56 Å². The topological polar surface area (TPSA) is 87.5 Å². The van der Waals surface area contributed by atoms with Crippen LogP contribution < -0.4 is 10.2 Å². The Hall–Kier alpha value is -3.17. The number of hydrogen-bond acceptors (Lipinski definition) is 5. The first-order valence-electron chi connectivity index (χ1n) is 11.3. The first-order valence-corrected chi connectivity index (χ1v) is 12.8. The number of hydrogen-bond donors (Lipinski definition) is 1. The van der Waals surface area contributed by atoms with Crippen LogP contribution in [0.3, 0.4) is 0 Å². The van der Waals surface area contributed by atoms with Crippen molar-refractivity contribution in [1.82, 2.24) is 14.1 Å². The third-order valence-electron chi connectivity index (χ3n) is 6.54. The summed E-state index contributed by atoms with van der Waals surface area (Å²) in [4.78, 5) is 15.2. The summed E-state index contributed by atoms with van der Waals surface area (Å²) in [6.45, 7) is 9.90. The highest BCUT2D eigenvalue weighted by Crippen LogP contribution is 2.26. The van der Waals surface area contributed by atoms with Gasteiger partial charge < -0.3 is 10.2 Å². The molecule has 1 N–H and O–H groups in total. The molecule has 0 aliphatic carbocycles. The maximum atomic E-state index is 13.5. The van der Waals surface area contributed by atoms with Crippen LogP contribution in [0.5, 0.6) is 0 Å². The lowest BCUT2D eigenvalue weighted by atomic mass is 10.1. The van der Waals surface area contributed by atoms with Crippen LogP contribution >= 0.6 is 0 Å². The number of nitrogens with one attached hydrogen (secondary N) is 1. The Kier molecular flexibility index (Phi) is 6.51. The lowest BCUT2D eigenvalue weighted by molar-refractivity contribution is 0.102. The molecule has 34 heavy (non-hydrogen) atoms. The van der Waals surface area contributed by atoms with Gasteiger partial charge >= 0.3 is 0 Å². The van der Waals surface area contributed by atoms with Gasteiger partial charge in [-0.3, -0.25) is 9.48 Å². The third kappa shape index (κ3) is 4.58. The summed E-state index contributed by atoms with van der Waals surface area (Å²) in [5, 5.41) is 6.77. The van der Waals surface area contributed by atoms with Crippen LogP contribution in [-0.4, -0.2) is 54.6 Å². The van der Waals surface area contributed by atoms with Crippen molar-refractivity contribution >= 4 is 27.3 Å². The van der Waals surface area contributed by atoms with Crippen LogP contribution in [0.2, 0.25) is 0 Å². The van der Waals surface area contributed by atoms with Crippen LogP contribution in [0.25, 0.3) is 0 Å². The van der Waals surface area contributed by atoms with E-state index in [1.165, 1.54) is 26.3 Å². The first kappa shape index (κ1) is 24.0. The molecule has 2 aromatic carbocycles. The van der Waals surface area contributed by atoms with E-state index in [1.807, 2.05) is 32.0 Å². The number of benzene rings is 2. The van der Waals surface area contributed by atoms with Gasteiger partial charge in [-0.1, -0.05) is 18.2 Å². The van der Waals surface area contributed by atoms with Crippen molar-refractivity contribution in [2.45, 2.75) is 32.7 Å². The molecule has 1 amide bonds. The van der Waals surface area contributed by atoms with E-state index in [9.17, 15) is 13.2 Å². The summed E-state index contributed by atoms with van der Waals surface area (Å²) in [6.07, 6.45) is 1.45. The Morgan fingerprint density at radius 3 is 2.32 bits per heavy atom. The lowest BCUT2D eigenvalue weighted by Gasteiger charge is -2.36. The van der Waals surface area contributed by atoms with E-state index >= 15 is 0 Å². The molecule has 0 unspecified atom stereocenters. The molecule has 1 fully saturated rings. The smallest absolute Gasteiger partial charge is 0.263 e. The molecule has 2 heterocycles. The number of piperazine rings is 1. The molecule has 1 aromatic heterocycles. The number of nitrogens with zero attached hydrogens (tertiary/aromatic N) is 4. The van der Waals surface area contributed by atoms with E-state index in [-0.39, 0.29) is 10.6 Å². The molecular weight excluding hydrogens is 450 g/mol. The highest BCUT2D eigenvalue weighted by atomic mass is 32.2. The fourth-order valence-electron chi connectivity index (χ4n) is 4.20. The minimum atomic E-state index is -3.93. The van der Waals surface area contributed by atoms with Crippen LogP contribution in [0.15, 0.2) is 47.6 Å². The zero-order valence-electron chi connectivity index (χ0n) is 20.3. The van der Waals surface area contributed by atoms with Crippen LogP contribution in [0.4, 0.5) is 11.4 Å². The number of anilines is 2. The van der Waals surface area contributed by atoms with Gasteiger partial charge in [0.2, 0.25) is 5.03 Å². The standard InChI is InChI=1S/C25H31N5O3S/c1-17-9-10-21(15-19(17)3)26-24(31)22-16-28(5)27-25(22)34(32,33)30-13-11-29(12-14-30)23-8-6-7-18(2)20(23)4/h6-10,15-16H,11-14H2,1-5H3,(H,26,31). The zero-order valence-corrected chi connectivity index (χ0v) is 21.1. The predicted molar refractivity (Wildman–Crippen MR) is 134 cm³/mol. The van der Waals surface area contributed by atoms with Gasteiger partial charge in [0.1, 0.15) is 0 Å². The minimum Gasteiger partial charge on any atom is -0.369 e. The Balaban J connectivity index is 1.53. The van der Waals surface area contributed by atoms with Gasteiger partial charge in [-0.05, 0) is 68.1 Å². The molecule has 1 aliphatic heterocycles. The number of amides is 1. The first-order chi connectivity index (χ1) is 16.1. The van der Waals surface area contributed by atoms with Crippen molar-refractivity contribution in [3.05, 3.63) is 70.4 Å². The molecule has 0 spiro atoms. The summed E-state index contributed by atoms with van der Waals surface area (Å²) in [5.41, 5.74) is 6.35. The monoisotopic (exact) mass is 481 g/mol. The van der Waals surface area contributed by atoms with E-state index < -0.39 is 15.9 Å². The fraction of sp³-hybridized carbons (Fsp3) is 0.360. The maximum Gasteiger partial charge on any atom is 0.263 e. The predicted octanol–water partition coefficient (Wildman–Crippen LogP) is 3.42. The second-order valence-electron chi connectivity index (χ2n) is 8.88. The molecule has 0 atom stereocenters. The van der Waals surface area contributed by atoms with Gasteiger partial charge in [0, 0.05) is 50.8 Å². The summed E-state index contributed by atoms with van der Waals surface area (Å²) >= 11 is 0.